The predicted molar refractivity (Wildman–Crippen MR) is 102 cm³/mol. The predicted octanol–water partition coefficient (Wildman–Crippen LogP) is 3.17. The van der Waals surface area contributed by atoms with Gasteiger partial charge in [-0.3, -0.25) is 9.78 Å². The molecule has 0 aliphatic heterocycles. The molecule has 1 saturated carbocycles. The molecule has 140 valence electrons. The molecule has 0 unspecified atom stereocenters. The summed E-state index contributed by atoms with van der Waals surface area (Å²) in [4.78, 5) is 21.5. The summed E-state index contributed by atoms with van der Waals surface area (Å²) in [5, 5.41) is 16.9. The molecule has 0 radical (unpaired) electrons. The van der Waals surface area contributed by atoms with E-state index in [1.807, 2.05) is 23.6 Å². The maximum absolute atomic E-state index is 12.7. The summed E-state index contributed by atoms with van der Waals surface area (Å²) in [6.07, 6.45) is 9.32. The molecule has 1 N–H and O–H groups in total. The molecule has 3 aromatic heterocycles. The summed E-state index contributed by atoms with van der Waals surface area (Å²) < 4.78 is 1.74. The Labute approximate surface area is 161 Å². The number of carbonyl (C=O) groups excluding carboxylic acids is 1. The van der Waals surface area contributed by atoms with Crippen LogP contribution in [0.4, 0.5) is 5.13 Å². The van der Waals surface area contributed by atoms with Gasteiger partial charge in [0.2, 0.25) is 5.91 Å². The molecule has 3 aromatic rings. The van der Waals surface area contributed by atoms with Crippen molar-refractivity contribution in [3.05, 3.63) is 36.1 Å². The molecule has 8 nitrogen and oxygen atoms in total. The van der Waals surface area contributed by atoms with Crippen molar-refractivity contribution in [2.75, 3.05) is 5.32 Å². The summed E-state index contributed by atoms with van der Waals surface area (Å²) in [6, 6.07) is 5.70. The lowest BCUT2D eigenvalue weighted by molar-refractivity contribution is -0.119. The number of nitrogens with one attached hydrogen (secondary N) is 1. The molecule has 0 bridgehead atoms. The Balaban J connectivity index is 1.43. The Hall–Kier alpha value is -2.68. The normalized spacial score (nSPS) is 16.1. The first-order valence-electron chi connectivity index (χ1n) is 9.10. The molecule has 0 spiro atoms. The minimum Gasteiger partial charge on any atom is -0.302 e. The van der Waals surface area contributed by atoms with Crippen LogP contribution in [0, 0.1) is 5.41 Å². The Morgan fingerprint density at radius 2 is 2.11 bits per heavy atom. The highest BCUT2D eigenvalue weighted by Crippen LogP contribution is 2.41. The minimum absolute atomic E-state index is 0.00750. The van der Waals surface area contributed by atoms with E-state index >= 15 is 0 Å². The molecule has 27 heavy (non-hydrogen) atoms. The van der Waals surface area contributed by atoms with Gasteiger partial charge in [0.15, 0.2) is 5.13 Å². The highest BCUT2D eigenvalue weighted by Gasteiger charge is 2.35. The van der Waals surface area contributed by atoms with Crippen molar-refractivity contribution in [1.82, 2.24) is 30.2 Å². The number of hydrogen-bond acceptors (Lipinski definition) is 7. The van der Waals surface area contributed by atoms with Crippen LogP contribution < -0.4 is 5.32 Å². The van der Waals surface area contributed by atoms with Crippen molar-refractivity contribution in [3.8, 4) is 11.4 Å². The zero-order chi connectivity index (χ0) is 18.5. The highest BCUT2D eigenvalue weighted by atomic mass is 32.1. The average Bonchev–Trinajstić information content (AvgIpc) is 3.35. The van der Waals surface area contributed by atoms with Crippen LogP contribution in [0.25, 0.3) is 11.4 Å². The zero-order valence-electron chi connectivity index (χ0n) is 14.9. The SMILES string of the molecule is O=C(CC1(Cn2cnnn2)CCCCC1)Nc1nc(-c2ccccn2)cs1. The lowest BCUT2D eigenvalue weighted by Crippen LogP contribution is -2.34. The second-order valence-electron chi connectivity index (χ2n) is 7.05. The fourth-order valence-corrected chi connectivity index (χ4v) is 4.48. The van der Waals surface area contributed by atoms with E-state index in [1.165, 1.54) is 17.8 Å². The molecule has 0 saturated heterocycles. The number of pyridine rings is 1. The van der Waals surface area contributed by atoms with E-state index in [4.69, 9.17) is 0 Å². The fraction of sp³-hybridized carbons (Fsp3) is 0.444. The summed E-state index contributed by atoms with van der Waals surface area (Å²) in [5.41, 5.74) is 1.48. The van der Waals surface area contributed by atoms with Crippen LogP contribution in [0.2, 0.25) is 0 Å². The van der Waals surface area contributed by atoms with E-state index in [2.05, 4.69) is 30.8 Å². The lowest BCUT2D eigenvalue weighted by Gasteiger charge is -2.36. The van der Waals surface area contributed by atoms with Crippen molar-refractivity contribution >= 4 is 22.4 Å². The monoisotopic (exact) mass is 383 g/mol. The molecule has 9 heteroatoms. The van der Waals surface area contributed by atoms with Crippen molar-refractivity contribution in [1.29, 1.82) is 0 Å². The maximum Gasteiger partial charge on any atom is 0.226 e. The summed E-state index contributed by atoms with van der Waals surface area (Å²) >= 11 is 1.42. The van der Waals surface area contributed by atoms with Crippen molar-refractivity contribution in [2.24, 2.45) is 5.41 Å². The quantitative estimate of drug-likeness (QED) is 0.702. The van der Waals surface area contributed by atoms with Crippen LogP contribution in [-0.4, -0.2) is 36.1 Å². The largest absolute Gasteiger partial charge is 0.302 e. The van der Waals surface area contributed by atoms with Crippen molar-refractivity contribution in [2.45, 2.75) is 45.1 Å². The van der Waals surface area contributed by atoms with Gasteiger partial charge in [0.25, 0.3) is 0 Å². The van der Waals surface area contributed by atoms with Crippen LogP contribution in [0.5, 0.6) is 0 Å². The van der Waals surface area contributed by atoms with Gasteiger partial charge >= 0.3 is 0 Å². The lowest BCUT2D eigenvalue weighted by atomic mass is 9.71. The molecule has 0 atom stereocenters. The van der Waals surface area contributed by atoms with E-state index in [-0.39, 0.29) is 11.3 Å². The molecule has 1 amide bonds. The van der Waals surface area contributed by atoms with E-state index < -0.39 is 0 Å². The second kappa shape index (κ2) is 7.91. The number of amides is 1. The van der Waals surface area contributed by atoms with Gasteiger partial charge in [-0.25, -0.2) is 9.67 Å². The number of nitrogens with zero attached hydrogens (tertiary/aromatic N) is 6. The van der Waals surface area contributed by atoms with E-state index in [0.29, 0.717) is 18.1 Å². The molecular formula is C18H21N7OS. The number of thiazole rings is 1. The number of carbonyl (C=O) groups is 1. The first kappa shape index (κ1) is 17.7. The molecule has 1 aliphatic carbocycles. The smallest absolute Gasteiger partial charge is 0.226 e. The Morgan fingerprint density at radius 1 is 1.22 bits per heavy atom. The molecule has 1 aliphatic rings. The van der Waals surface area contributed by atoms with Gasteiger partial charge in [0.05, 0.1) is 12.2 Å². The molecule has 1 fully saturated rings. The van der Waals surface area contributed by atoms with E-state index in [0.717, 1.165) is 37.1 Å². The number of aromatic nitrogens is 6. The topological polar surface area (TPSA) is 98.5 Å². The Kier molecular flexibility index (Phi) is 5.19. The molecule has 3 heterocycles. The van der Waals surface area contributed by atoms with Gasteiger partial charge in [0, 0.05) is 18.0 Å². The van der Waals surface area contributed by atoms with Gasteiger partial charge in [-0.2, -0.15) is 0 Å². The zero-order valence-corrected chi connectivity index (χ0v) is 15.7. The van der Waals surface area contributed by atoms with Crippen molar-refractivity contribution in [3.63, 3.8) is 0 Å². The molecule has 4 rings (SSSR count). The molecule has 0 aromatic carbocycles. The van der Waals surface area contributed by atoms with Gasteiger partial charge in [-0.05, 0) is 40.8 Å². The standard InChI is InChI=1S/C18H21N7OS/c26-16(22-17-21-15(11-27-17)14-6-2-5-9-19-14)10-18(7-3-1-4-8-18)12-25-13-20-23-24-25/h2,5-6,9,11,13H,1,3-4,7-8,10,12H2,(H,21,22,26). The third kappa shape index (κ3) is 4.36. The second-order valence-corrected chi connectivity index (χ2v) is 7.90. The first-order valence-corrected chi connectivity index (χ1v) is 9.98. The van der Waals surface area contributed by atoms with E-state index in [9.17, 15) is 4.79 Å². The van der Waals surface area contributed by atoms with Crippen LogP contribution in [0.15, 0.2) is 36.1 Å². The number of hydrogen-bond donors (Lipinski definition) is 1. The minimum atomic E-state index is -0.0984. The Morgan fingerprint density at radius 3 is 2.85 bits per heavy atom. The van der Waals surface area contributed by atoms with Crippen molar-refractivity contribution < 1.29 is 4.79 Å². The Bertz CT molecular complexity index is 872. The van der Waals surface area contributed by atoms with Crippen LogP contribution in [-0.2, 0) is 11.3 Å². The van der Waals surface area contributed by atoms with Crippen LogP contribution in [0.1, 0.15) is 38.5 Å². The van der Waals surface area contributed by atoms with Gasteiger partial charge < -0.3 is 5.32 Å². The average molecular weight is 383 g/mol. The van der Waals surface area contributed by atoms with Crippen LogP contribution in [0.3, 0.4) is 0 Å². The number of rotatable bonds is 6. The maximum atomic E-state index is 12.7. The van der Waals surface area contributed by atoms with Gasteiger partial charge in [0.1, 0.15) is 12.0 Å². The summed E-state index contributed by atoms with van der Waals surface area (Å²) in [5.74, 6) is -0.00750. The number of anilines is 1. The molecular weight excluding hydrogens is 362 g/mol. The van der Waals surface area contributed by atoms with Gasteiger partial charge in [-0.15, -0.1) is 16.4 Å². The van der Waals surface area contributed by atoms with Gasteiger partial charge in [-0.1, -0.05) is 25.3 Å². The summed E-state index contributed by atoms with van der Waals surface area (Å²) in [7, 11) is 0. The highest BCUT2D eigenvalue weighted by molar-refractivity contribution is 7.14. The fourth-order valence-electron chi connectivity index (χ4n) is 3.76. The first-order chi connectivity index (χ1) is 13.2. The summed E-state index contributed by atoms with van der Waals surface area (Å²) in [6.45, 7) is 0.671. The third-order valence-electron chi connectivity index (χ3n) is 5.02. The van der Waals surface area contributed by atoms with Crippen LogP contribution >= 0.6 is 11.3 Å². The third-order valence-corrected chi connectivity index (χ3v) is 5.77. The van der Waals surface area contributed by atoms with E-state index in [1.54, 1.807) is 17.2 Å². The number of tetrazole rings is 1.